The molecule has 3 nitrogen and oxygen atoms in total. The van der Waals surface area contributed by atoms with E-state index in [0.717, 1.165) is 0 Å². The molecule has 0 radical (unpaired) electrons. The SMILES string of the molecule is COc1ccccc1CN(C)C(CN)C(F)(F)F. The average molecular weight is 262 g/mol. The van der Waals surface area contributed by atoms with Gasteiger partial charge in [-0.15, -0.1) is 0 Å². The van der Waals surface area contributed by atoms with Gasteiger partial charge in [-0.25, -0.2) is 0 Å². The Morgan fingerprint density at radius 1 is 1.33 bits per heavy atom. The normalized spacial score (nSPS) is 13.7. The molecule has 0 aliphatic rings. The number of nitrogens with zero attached hydrogens (tertiary/aromatic N) is 1. The molecule has 0 saturated heterocycles. The van der Waals surface area contributed by atoms with Crippen molar-refractivity contribution in [3.8, 4) is 5.75 Å². The molecule has 0 aliphatic heterocycles. The van der Waals surface area contributed by atoms with E-state index in [2.05, 4.69) is 0 Å². The third kappa shape index (κ3) is 3.61. The maximum Gasteiger partial charge on any atom is 0.405 e. The summed E-state index contributed by atoms with van der Waals surface area (Å²) >= 11 is 0. The molecular weight excluding hydrogens is 245 g/mol. The number of hydrogen-bond donors (Lipinski definition) is 1. The number of rotatable bonds is 5. The first-order chi connectivity index (χ1) is 8.40. The van der Waals surface area contributed by atoms with E-state index in [0.29, 0.717) is 11.3 Å². The smallest absolute Gasteiger partial charge is 0.405 e. The van der Waals surface area contributed by atoms with Crippen molar-refractivity contribution in [2.75, 3.05) is 20.7 Å². The van der Waals surface area contributed by atoms with E-state index in [1.165, 1.54) is 19.1 Å². The van der Waals surface area contributed by atoms with Gasteiger partial charge in [0.1, 0.15) is 11.8 Å². The van der Waals surface area contributed by atoms with Gasteiger partial charge in [-0.05, 0) is 13.1 Å². The lowest BCUT2D eigenvalue weighted by Gasteiger charge is -2.29. The Labute approximate surface area is 104 Å². The zero-order valence-electron chi connectivity index (χ0n) is 10.4. The molecule has 102 valence electrons. The van der Waals surface area contributed by atoms with Crippen LogP contribution in [-0.2, 0) is 6.54 Å². The number of halogens is 3. The summed E-state index contributed by atoms with van der Waals surface area (Å²) in [6.45, 7) is -0.333. The van der Waals surface area contributed by atoms with Gasteiger partial charge in [0, 0.05) is 18.7 Å². The Balaban J connectivity index is 2.83. The second kappa shape index (κ2) is 6.06. The highest BCUT2D eigenvalue weighted by Crippen LogP contribution is 2.26. The van der Waals surface area contributed by atoms with Gasteiger partial charge >= 0.3 is 6.18 Å². The number of likely N-dealkylation sites (N-methyl/N-ethyl adjacent to an activating group) is 1. The largest absolute Gasteiger partial charge is 0.496 e. The average Bonchev–Trinajstić information content (AvgIpc) is 2.28. The van der Waals surface area contributed by atoms with Crippen molar-refractivity contribution in [1.82, 2.24) is 4.90 Å². The lowest BCUT2D eigenvalue weighted by molar-refractivity contribution is -0.178. The molecule has 1 rings (SSSR count). The first-order valence-electron chi connectivity index (χ1n) is 5.49. The van der Waals surface area contributed by atoms with Crippen LogP contribution >= 0.6 is 0 Å². The Kier molecular flexibility index (Phi) is 4.98. The fraction of sp³-hybridized carbons (Fsp3) is 0.500. The van der Waals surface area contributed by atoms with E-state index in [-0.39, 0.29) is 6.54 Å². The first-order valence-corrected chi connectivity index (χ1v) is 5.49. The predicted octanol–water partition coefficient (Wildman–Crippen LogP) is 2.02. The van der Waals surface area contributed by atoms with E-state index in [1.807, 2.05) is 0 Å². The van der Waals surface area contributed by atoms with Crippen LogP contribution in [0.1, 0.15) is 5.56 Å². The van der Waals surface area contributed by atoms with Crippen molar-refractivity contribution < 1.29 is 17.9 Å². The molecule has 0 spiro atoms. The summed E-state index contributed by atoms with van der Waals surface area (Å²) in [5, 5.41) is 0. The highest BCUT2D eigenvalue weighted by atomic mass is 19.4. The molecule has 0 heterocycles. The number of nitrogens with two attached hydrogens (primary N) is 1. The van der Waals surface area contributed by atoms with Crippen molar-refractivity contribution in [1.29, 1.82) is 0 Å². The molecule has 0 saturated carbocycles. The second-order valence-corrected chi connectivity index (χ2v) is 4.02. The van der Waals surface area contributed by atoms with Crippen LogP contribution in [0.2, 0.25) is 0 Å². The van der Waals surface area contributed by atoms with Crippen molar-refractivity contribution in [3.05, 3.63) is 29.8 Å². The zero-order valence-corrected chi connectivity index (χ0v) is 10.4. The first kappa shape index (κ1) is 14.8. The van der Waals surface area contributed by atoms with E-state index in [9.17, 15) is 13.2 Å². The minimum absolute atomic E-state index is 0.130. The number of methoxy groups -OCH3 is 1. The molecule has 0 amide bonds. The standard InChI is InChI=1S/C12H17F3N2O/c1-17(11(7-16)12(13,14)15)8-9-5-3-4-6-10(9)18-2/h3-6,11H,7-8,16H2,1-2H3. The summed E-state index contributed by atoms with van der Waals surface area (Å²) in [7, 11) is 2.89. The molecule has 1 aromatic rings. The van der Waals surface area contributed by atoms with Gasteiger partial charge in [0.15, 0.2) is 0 Å². The molecule has 2 N–H and O–H groups in total. The number of benzene rings is 1. The third-order valence-electron chi connectivity index (χ3n) is 2.75. The number of alkyl halides is 3. The molecule has 18 heavy (non-hydrogen) atoms. The summed E-state index contributed by atoms with van der Waals surface area (Å²) < 4.78 is 43.2. The minimum atomic E-state index is -4.33. The van der Waals surface area contributed by atoms with Crippen molar-refractivity contribution in [2.24, 2.45) is 5.73 Å². The van der Waals surface area contributed by atoms with Crippen molar-refractivity contribution in [3.63, 3.8) is 0 Å². The fourth-order valence-electron chi connectivity index (χ4n) is 1.78. The summed E-state index contributed by atoms with van der Waals surface area (Å²) in [4.78, 5) is 1.18. The Morgan fingerprint density at radius 3 is 2.44 bits per heavy atom. The van der Waals surface area contributed by atoms with Crippen molar-refractivity contribution in [2.45, 2.75) is 18.8 Å². The summed E-state index contributed by atoms with van der Waals surface area (Å²) in [5.41, 5.74) is 5.89. The van der Waals surface area contributed by atoms with Crippen molar-refractivity contribution >= 4 is 0 Å². The van der Waals surface area contributed by atoms with E-state index < -0.39 is 18.8 Å². The molecule has 0 fully saturated rings. The fourth-order valence-corrected chi connectivity index (χ4v) is 1.78. The molecule has 0 aromatic heterocycles. The zero-order chi connectivity index (χ0) is 13.8. The second-order valence-electron chi connectivity index (χ2n) is 4.02. The summed E-state index contributed by atoms with van der Waals surface area (Å²) in [6, 6.07) is 5.33. The van der Waals surface area contributed by atoms with Crippen LogP contribution in [0.3, 0.4) is 0 Å². The van der Waals surface area contributed by atoms with E-state index >= 15 is 0 Å². The number of para-hydroxylation sites is 1. The minimum Gasteiger partial charge on any atom is -0.496 e. The third-order valence-corrected chi connectivity index (χ3v) is 2.75. The summed E-state index contributed by atoms with van der Waals surface area (Å²) in [6.07, 6.45) is -4.33. The highest BCUT2D eigenvalue weighted by molar-refractivity contribution is 5.33. The van der Waals surface area contributed by atoms with Gasteiger partial charge in [0.05, 0.1) is 7.11 Å². The molecule has 0 aliphatic carbocycles. The van der Waals surface area contributed by atoms with Gasteiger partial charge in [0.25, 0.3) is 0 Å². The molecule has 6 heteroatoms. The summed E-state index contributed by atoms with van der Waals surface area (Å²) in [5.74, 6) is 0.572. The molecular formula is C12H17F3N2O. The van der Waals surface area contributed by atoms with Crippen LogP contribution in [0.15, 0.2) is 24.3 Å². The molecule has 0 bridgehead atoms. The highest BCUT2D eigenvalue weighted by Gasteiger charge is 2.41. The maximum absolute atomic E-state index is 12.7. The molecule has 1 aromatic carbocycles. The van der Waals surface area contributed by atoms with Crippen LogP contribution in [0.4, 0.5) is 13.2 Å². The monoisotopic (exact) mass is 262 g/mol. The lowest BCUT2D eigenvalue weighted by atomic mass is 10.1. The van der Waals surface area contributed by atoms with E-state index in [4.69, 9.17) is 10.5 Å². The maximum atomic E-state index is 12.7. The Hall–Kier alpha value is -1.27. The molecule has 1 unspecified atom stereocenters. The Bertz CT molecular complexity index is 382. The van der Waals surface area contributed by atoms with Gasteiger partial charge in [0.2, 0.25) is 0 Å². The van der Waals surface area contributed by atoms with Crippen LogP contribution in [0.5, 0.6) is 5.75 Å². The van der Waals surface area contributed by atoms with E-state index in [1.54, 1.807) is 24.3 Å². The number of hydrogen-bond acceptors (Lipinski definition) is 3. The van der Waals surface area contributed by atoms with Crippen LogP contribution < -0.4 is 10.5 Å². The lowest BCUT2D eigenvalue weighted by Crippen LogP contribution is -2.48. The Morgan fingerprint density at radius 2 is 1.94 bits per heavy atom. The number of ether oxygens (including phenoxy) is 1. The molecule has 1 atom stereocenters. The van der Waals surface area contributed by atoms with Crippen LogP contribution in [0, 0.1) is 0 Å². The van der Waals surface area contributed by atoms with Gasteiger partial charge < -0.3 is 10.5 Å². The van der Waals surface area contributed by atoms with Gasteiger partial charge in [-0.3, -0.25) is 4.90 Å². The topological polar surface area (TPSA) is 38.5 Å². The van der Waals surface area contributed by atoms with Crippen LogP contribution in [0.25, 0.3) is 0 Å². The van der Waals surface area contributed by atoms with Crippen LogP contribution in [-0.4, -0.2) is 37.8 Å². The van der Waals surface area contributed by atoms with Gasteiger partial charge in [-0.2, -0.15) is 13.2 Å². The predicted molar refractivity (Wildman–Crippen MR) is 63.4 cm³/mol. The van der Waals surface area contributed by atoms with Gasteiger partial charge in [-0.1, -0.05) is 18.2 Å². The quantitative estimate of drug-likeness (QED) is 0.882.